The third-order valence-corrected chi connectivity index (χ3v) is 4.83. The molecule has 0 saturated carbocycles. The molecule has 1 fully saturated rings. The third-order valence-electron chi connectivity index (χ3n) is 4.83. The van der Waals surface area contributed by atoms with Crippen molar-refractivity contribution >= 4 is 0 Å². The molecular weight excluding hydrogens is 244 g/mol. The predicted molar refractivity (Wildman–Crippen MR) is 87.0 cm³/mol. The normalized spacial score (nSPS) is 22.9. The summed E-state index contributed by atoms with van der Waals surface area (Å²) in [7, 11) is 0. The Hall–Kier alpha value is -0.860. The lowest BCUT2D eigenvalue weighted by molar-refractivity contribution is 0.310. The van der Waals surface area contributed by atoms with Crippen molar-refractivity contribution in [1.29, 1.82) is 0 Å². The molecule has 1 aliphatic heterocycles. The molecular formula is C18H30N2. The minimum atomic E-state index is 0.638. The number of nitrogens with one attached hydrogen (secondary N) is 1. The van der Waals surface area contributed by atoms with Gasteiger partial charge in [0.25, 0.3) is 0 Å². The maximum atomic E-state index is 3.82. The highest BCUT2D eigenvalue weighted by atomic mass is 15.2. The van der Waals surface area contributed by atoms with E-state index in [1.165, 1.54) is 44.5 Å². The molecule has 2 nitrogen and oxygen atoms in total. The van der Waals surface area contributed by atoms with E-state index in [9.17, 15) is 0 Å². The summed E-state index contributed by atoms with van der Waals surface area (Å²) in [5.41, 5.74) is 1.46. The molecule has 1 N–H and O–H groups in total. The zero-order valence-electron chi connectivity index (χ0n) is 13.3. The van der Waals surface area contributed by atoms with Gasteiger partial charge in [0, 0.05) is 25.2 Å². The first-order valence-electron chi connectivity index (χ1n) is 8.21. The molecule has 20 heavy (non-hydrogen) atoms. The van der Waals surface area contributed by atoms with Crippen LogP contribution in [0, 0.1) is 5.92 Å². The van der Waals surface area contributed by atoms with E-state index in [4.69, 9.17) is 0 Å². The van der Waals surface area contributed by atoms with E-state index in [2.05, 4.69) is 61.3 Å². The third kappa shape index (κ3) is 4.60. The summed E-state index contributed by atoms with van der Waals surface area (Å²) in [5.74, 6) is 0.772. The van der Waals surface area contributed by atoms with Gasteiger partial charge in [0.15, 0.2) is 0 Å². The first-order valence-corrected chi connectivity index (χ1v) is 8.21. The SMILES string of the molecule is CCC(C)C(C)NC1CCN(CCc2ccccc2)C1. The summed E-state index contributed by atoms with van der Waals surface area (Å²) >= 11 is 0. The van der Waals surface area contributed by atoms with Crippen LogP contribution in [0.1, 0.15) is 39.2 Å². The van der Waals surface area contributed by atoms with Crippen LogP contribution >= 0.6 is 0 Å². The Labute approximate surface area is 124 Å². The first kappa shape index (κ1) is 15.5. The summed E-state index contributed by atoms with van der Waals surface area (Å²) in [6.07, 6.45) is 3.74. The monoisotopic (exact) mass is 274 g/mol. The van der Waals surface area contributed by atoms with Gasteiger partial charge in [0.2, 0.25) is 0 Å². The van der Waals surface area contributed by atoms with Crippen molar-refractivity contribution in [2.24, 2.45) is 5.92 Å². The van der Waals surface area contributed by atoms with Crippen LogP contribution in [0.4, 0.5) is 0 Å². The number of rotatable bonds is 7. The van der Waals surface area contributed by atoms with E-state index in [1.54, 1.807) is 0 Å². The molecule has 1 saturated heterocycles. The minimum Gasteiger partial charge on any atom is -0.310 e. The van der Waals surface area contributed by atoms with Crippen LogP contribution in [-0.4, -0.2) is 36.6 Å². The second-order valence-corrected chi connectivity index (χ2v) is 6.36. The van der Waals surface area contributed by atoms with Crippen molar-refractivity contribution in [3.05, 3.63) is 35.9 Å². The molecule has 0 amide bonds. The highest BCUT2D eigenvalue weighted by Gasteiger charge is 2.24. The van der Waals surface area contributed by atoms with E-state index in [-0.39, 0.29) is 0 Å². The topological polar surface area (TPSA) is 15.3 Å². The second kappa shape index (κ2) is 7.80. The molecule has 1 heterocycles. The van der Waals surface area contributed by atoms with Crippen LogP contribution in [0.5, 0.6) is 0 Å². The number of likely N-dealkylation sites (tertiary alicyclic amines) is 1. The number of hydrogen-bond donors (Lipinski definition) is 1. The standard InChI is InChI=1S/C18H30N2/c1-4-15(2)16(3)19-18-11-13-20(14-18)12-10-17-8-6-5-7-9-17/h5-9,15-16,18-19H,4,10-14H2,1-3H3. The van der Waals surface area contributed by atoms with Gasteiger partial charge in [-0.3, -0.25) is 0 Å². The molecule has 112 valence electrons. The van der Waals surface area contributed by atoms with Gasteiger partial charge in [0.05, 0.1) is 0 Å². The Morgan fingerprint density at radius 3 is 2.70 bits per heavy atom. The van der Waals surface area contributed by atoms with Crippen molar-refractivity contribution in [2.75, 3.05) is 19.6 Å². The number of nitrogens with zero attached hydrogens (tertiary/aromatic N) is 1. The Morgan fingerprint density at radius 1 is 1.25 bits per heavy atom. The molecule has 0 bridgehead atoms. The molecule has 0 aromatic heterocycles. The van der Waals surface area contributed by atoms with Crippen molar-refractivity contribution in [3.63, 3.8) is 0 Å². The zero-order valence-corrected chi connectivity index (χ0v) is 13.3. The van der Waals surface area contributed by atoms with Gasteiger partial charge in [-0.05, 0) is 37.8 Å². The fraction of sp³-hybridized carbons (Fsp3) is 0.667. The van der Waals surface area contributed by atoms with Gasteiger partial charge in [-0.15, -0.1) is 0 Å². The Bertz CT molecular complexity index is 376. The Kier molecular flexibility index (Phi) is 6.06. The van der Waals surface area contributed by atoms with Gasteiger partial charge in [-0.25, -0.2) is 0 Å². The van der Waals surface area contributed by atoms with Gasteiger partial charge >= 0.3 is 0 Å². The summed E-state index contributed by atoms with van der Waals surface area (Å²) in [5, 5.41) is 3.82. The van der Waals surface area contributed by atoms with Crippen molar-refractivity contribution < 1.29 is 0 Å². The largest absolute Gasteiger partial charge is 0.310 e. The molecule has 2 heteroatoms. The molecule has 1 aromatic carbocycles. The fourth-order valence-corrected chi connectivity index (χ4v) is 2.99. The van der Waals surface area contributed by atoms with E-state index >= 15 is 0 Å². The maximum Gasteiger partial charge on any atom is 0.0209 e. The lowest BCUT2D eigenvalue weighted by atomic mass is 10.00. The van der Waals surface area contributed by atoms with Crippen LogP contribution in [0.25, 0.3) is 0 Å². The number of hydrogen-bond acceptors (Lipinski definition) is 2. The van der Waals surface area contributed by atoms with E-state index < -0.39 is 0 Å². The average molecular weight is 274 g/mol. The molecule has 0 radical (unpaired) electrons. The second-order valence-electron chi connectivity index (χ2n) is 6.36. The molecule has 2 rings (SSSR count). The lowest BCUT2D eigenvalue weighted by Gasteiger charge is -2.24. The summed E-state index contributed by atoms with van der Waals surface area (Å²) in [6, 6.07) is 12.2. The summed E-state index contributed by atoms with van der Waals surface area (Å²) in [6.45, 7) is 10.6. The van der Waals surface area contributed by atoms with Crippen LogP contribution < -0.4 is 5.32 Å². The first-order chi connectivity index (χ1) is 9.69. The van der Waals surface area contributed by atoms with Gasteiger partial charge < -0.3 is 10.2 Å². The average Bonchev–Trinajstić information content (AvgIpc) is 2.92. The summed E-state index contributed by atoms with van der Waals surface area (Å²) in [4.78, 5) is 2.61. The van der Waals surface area contributed by atoms with Crippen molar-refractivity contribution in [1.82, 2.24) is 10.2 Å². The fourth-order valence-electron chi connectivity index (χ4n) is 2.99. The predicted octanol–water partition coefficient (Wildman–Crippen LogP) is 3.33. The molecule has 0 spiro atoms. The molecule has 1 aromatic rings. The zero-order chi connectivity index (χ0) is 14.4. The van der Waals surface area contributed by atoms with Crippen LogP contribution in [0.3, 0.4) is 0 Å². The van der Waals surface area contributed by atoms with Gasteiger partial charge in [-0.2, -0.15) is 0 Å². The van der Waals surface area contributed by atoms with Crippen LogP contribution in [0.2, 0.25) is 0 Å². The van der Waals surface area contributed by atoms with Crippen LogP contribution in [-0.2, 0) is 6.42 Å². The molecule has 3 atom stereocenters. The molecule has 3 unspecified atom stereocenters. The summed E-state index contributed by atoms with van der Waals surface area (Å²) < 4.78 is 0. The highest BCUT2D eigenvalue weighted by molar-refractivity contribution is 5.14. The van der Waals surface area contributed by atoms with E-state index in [0.29, 0.717) is 12.1 Å². The maximum absolute atomic E-state index is 3.82. The lowest BCUT2D eigenvalue weighted by Crippen LogP contribution is -2.41. The van der Waals surface area contributed by atoms with Gasteiger partial charge in [-0.1, -0.05) is 50.6 Å². The quantitative estimate of drug-likeness (QED) is 0.820. The number of benzene rings is 1. The van der Waals surface area contributed by atoms with Crippen molar-refractivity contribution in [2.45, 2.75) is 52.1 Å². The van der Waals surface area contributed by atoms with E-state index in [1.807, 2.05) is 0 Å². The minimum absolute atomic E-state index is 0.638. The van der Waals surface area contributed by atoms with Crippen molar-refractivity contribution in [3.8, 4) is 0 Å². The molecule has 1 aliphatic rings. The highest BCUT2D eigenvalue weighted by Crippen LogP contribution is 2.14. The van der Waals surface area contributed by atoms with E-state index in [0.717, 1.165) is 5.92 Å². The smallest absolute Gasteiger partial charge is 0.0209 e. The van der Waals surface area contributed by atoms with Crippen LogP contribution in [0.15, 0.2) is 30.3 Å². The Morgan fingerprint density at radius 2 is 2.00 bits per heavy atom. The Balaban J connectivity index is 1.70. The molecule has 0 aliphatic carbocycles. The van der Waals surface area contributed by atoms with Gasteiger partial charge in [0.1, 0.15) is 0 Å².